The molecule has 1 aromatic heterocycles. The van der Waals surface area contributed by atoms with Crippen LogP contribution in [0, 0.1) is 0 Å². The summed E-state index contributed by atoms with van der Waals surface area (Å²) in [6, 6.07) is 69.8. The van der Waals surface area contributed by atoms with E-state index >= 15 is 0 Å². The normalized spacial score (nSPS) is 11.7. The second-order valence-corrected chi connectivity index (χ2v) is 11.0. The van der Waals surface area contributed by atoms with Crippen molar-refractivity contribution in [2.45, 2.75) is 10.8 Å². The van der Waals surface area contributed by atoms with Crippen LogP contribution >= 0.6 is 0 Å². The molecular formula is C42H33N. The first-order chi connectivity index (χ1) is 21.3. The van der Waals surface area contributed by atoms with Gasteiger partial charge < -0.3 is 4.98 Å². The maximum atomic E-state index is 4.09. The summed E-state index contributed by atoms with van der Waals surface area (Å²) in [5, 5.41) is 0. The zero-order valence-electron chi connectivity index (χ0n) is 24.0. The van der Waals surface area contributed by atoms with Crippen LogP contribution in [0.25, 0.3) is 0 Å². The van der Waals surface area contributed by atoms with E-state index in [1.807, 2.05) is 0 Å². The average Bonchev–Trinajstić information content (AvgIpc) is 3.59. The molecule has 0 atom stereocenters. The Labute approximate surface area is 254 Å². The topological polar surface area (TPSA) is 15.8 Å². The molecule has 1 heteroatoms. The van der Waals surface area contributed by atoms with Gasteiger partial charge in [-0.3, -0.25) is 0 Å². The Balaban J connectivity index is 1.58. The molecular weight excluding hydrogens is 518 g/mol. The molecule has 0 saturated heterocycles. The van der Waals surface area contributed by atoms with Crippen molar-refractivity contribution in [3.05, 3.63) is 239 Å². The molecule has 0 aliphatic rings. The highest BCUT2D eigenvalue weighted by atomic mass is 14.8. The number of aromatic amines is 1. The van der Waals surface area contributed by atoms with Crippen molar-refractivity contribution in [3.63, 3.8) is 0 Å². The summed E-state index contributed by atoms with van der Waals surface area (Å²) in [7, 11) is 0. The SMILES string of the molecule is c1ccc(C(c2ccccc2)(c2ccccc2)c2ccc(C(c3ccccc3)(c3ccccc3)c3ccccc3)[nH]2)cc1. The fraction of sp³-hybridized carbons (Fsp3) is 0.0476. The summed E-state index contributed by atoms with van der Waals surface area (Å²) >= 11 is 0. The molecule has 7 rings (SSSR count). The van der Waals surface area contributed by atoms with Gasteiger partial charge in [0, 0.05) is 11.4 Å². The summed E-state index contributed by atoms with van der Waals surface area (Å²) in [6.07, 6.45) is 0. The number of H-pyrrole nitrogens is 1. The molecule has 43 heavy (non-hydrogen) atoms. The maximum Gasteiger partial charge on any atom is 0.0851 e. The molecule has 0 aliphatic carbocycles. The second kappa shape index (κ2) is 11.5. The lowest BCUT2D eigenvalue weighted by molar-refractivity contribution is 0.683. The number of hydrogen-bond donors (Lipinski definition) is 1. The highest BCUT2D eigenvalue weighted by molar-refractivity contribution is 5.62. The molecule has 0 aliphatic heterocycles. The predicted octanol–water partition coefficient (Wildman–Crippen LogP) is 9.78. The Kier molecular flexibility index (Phi) is 7.07. The van der Waals surface area contributed by atoms with Gasteiger partial charge in [0.1, 0.15) is 0 Å². The van der Waals surface area contributed by atoms with Crippen LogP contribution in [0.15, 0.2) is 194 Å². The third-order valence-electron chi connectivity index (χ3n) is 8.73. The summed E-state index contributed by atoms with van der Waals surface area (Å²) in [5.74, 6) is 0. The van der Waals surface area contributed by atoms with Crippen LogP contribution in [0.5, 0.6) is 0 Å². The molecule has 0 bridgehead atoms. The smallest absolute Gasteiger partial charge is 0.0851 e. The van der Waals surface area contributed by atoms with Crippen LogP contribution in [0.4, 0.5) is 0 Å². The zero-order chi connectivity index (χ0) is 29.0. The first kappa shape index (κ1) is 26.5. The van der Waals surface area contributed by atoms with Crippen LogP contribution < -0.4 is 0 Å². The number of hydrogen-bond acceptors (Lipinski definition) is 0. The molecule has 0 amide bonds. The second-order valence-electron chi connectivity index (χ2n) is 11.0. The van der Waals surface area contributed by atoms with Gasteiger partial charge in [-0.05, 0) is 45.5 Å². The Morgan fingerprint density at radius 2 is 0.419 bits per heavy atom. The van der Waals surface area contributed by atoms with Crippen LogP contribution in [-0.4, -0.2) is 4.98 Å². The van der Waals surface area contributed by atoms with Crippen LogP contribution in [0.3, 0.4) is 0 Å². The largest absolute Gasteiger partial charge is 0.360 e. The van der Waals surface area contributed by atoms with E-state index < -0.39 is 10.8 Å². The molecule has 1 nitrogen and oxygen atoms in total. The lowest BCUT2D eigenvalue weighted by atomic mass is 9.67. The van der Waals surface area contributed by atoms with Crippen molar-refractivity contribution >= 4 is 0 Å². The standard InChI is InChI=1S/C42H33N/c1-7-19-33(20-8-1)41(34-21-9-2-10-22-34,35-23-11-3-12-24-35)39-31-32-40(43-39)42(36-25-13-4-14-26-36,37-27-15-5-16-28-37)38-29-17-6-18-30-38/h1-32,43H. The Hall–Kier alpha value is -5.40. The van der Waals surface area contributed by atoms with Gasteiger partial charge in [0.25, 0.3) is 0 Å². The first-order valence-corrected chi connectivity index (χ1v) is 14.9. The van der Waals surface area contributed by atoms with Crippen molar-refractivity contribution < 1.29 is 0 Å². The lowest BCUT2D eigenvalue weighted by Crippen LogP contribution is -2.34. The summed E-state index contributed by atoms with van der Waals surface area (Å²) < 4.78 is 0. The summed E-state index contributed by atoms with van der Waals surface area (Å²) in [6.45, 7) is 0. The fourth-order valence-corrected chi connectivity index (χ4v) is 6.89. The third kappa shape index (κ3) is 4.42. The monoisotopic (exact) mass is 551 g/mol. The van der Waals surface area contributed by atoms with Crippen molar-refractivity contribution in [1.29, 1.82) is 0 Å². The fourth-order valence-electron chi connectivity index (χ4n) is 6.89. The van der Waals surface area contributed by atoms with E-state index in [1.54, 1.807) is 0 Å². The van der Waals surface area contributed by atoms with Gasteiger partial charge in [-0.1, -0.05) is 182 Å². The molecule has 0 radical (unpaired) electrons. The van der Waals surface area contributed by atoms with Crippen LogP contribution in [0.1, 0.15) is 44.8 Å². The number of benzene rings is 6. The van der Waals surface area contributed by atoms with Crippen LogP contribution in [0.2, 0.25) is 0 Å². The average molecular weight is 552 g/mol. The van der Waals surface area contributed by atoms with Gasteiger partial charge >= 0.3 is 0 Å². The van der Waals surface area contributed by atoms with E-state index in [1.165, 1.54) is 33.4 Å². The molecule has 7 aromatic rings. The van der Waals surface area contributed by atoms with Gasteiger partial charge in [0.2, 0.25) is 0 Å². The molecule has 0 saturated carbocycles. The van der Waals surface area contributed by atoms with E-state index in [9.17, 15) is 0 Å². The van der Waals surface area contributed by atoms with E-state index in [-0.39, 0.29) is 0 Å². The van der Waals surface area contributed by atoms with Crippen molar-refractivity contribution in [3.8, 4) is 0 Å². The third-order valence-corrected chi connectivity index (χ3v) is 8.73. The molecule has 0 spiro atoms. The zero-order valence-corrected chi connectivity index (χ0v) is 24.0. The van der Waals surface area contributed by atoms with E-state index in [2.05, 4.69) is 199 Å². The molecule has 6 aromatic carbocycles. The lowest BCUT2D eigenvalue weighted by Gasteiger charge is -2.37. The minimum absolute atomic E-state index is 0.558. The van der Waals surface area contributed by atoms with E-state index in [0.717, 1.165) is 11.4 Å². The van der Waals surface area contributed by atoms with Gasteiger partial charge in [-0.15, -0.1) is 0 Å². The highest BCUT2D eigenvalue weighted by Crippen LogP contribution is 2.48. The van der Waals surface area contributed by atoms with E-state index in [4.69, 9.17) is 0 Å². The quantitative estimate of drug-likeness (QED) is 0.181. The molecule has 1 heterocycles. The Morgan fingerprint density at radius 3 is 0.605 bits per heavy atom. The van der Waals surface area contributed by atoms with Crippen molar-refractivity contribution in [2.75, 3.05) is 0 Å². The molecule has 206 valence electrons. The Morgan fingerprint density at radius 1 is 0.233 bits per heavy atom. The summed E-state index contributed by atoms with van der Waals surface area (Å²) in [4.78, 5) is 4.09. The first-order valence-electron chi connectivity index (χ1n) is 14.9. The maximum absolute atomic E-state index is 4.09. The molecule has 1 N–H and O–H groups in total. The number of rotatable bonds is 8. The van der Waals surface area contributed by atoms with Gasteiger partial charge in [-0.2, -0.15) is 0 Å². The van der Waals surface area contributed by atoms with Crippen molar-refractivity contribution in [1.82, 2.24) is 4.98 Å². The highest BCUT2D eigenvalue weighted by Gasteiger charge is 2.43. The number of nitrogens with one attached hydrogen (secondary N) is 1. The number of aromatic nitrogens is 1. The molecule has 0 fully saturated rings. The van der Waals surface area contributed by atoms with E-state index in [0.29, 0.717) is 0 Å². The van der Waals surface area contributed by atoms with Crippen molar-refractivity contribution in [2.24, 2.45) is 0 Å². The van der Waals surface area contributed by atoms with Gasteiger partial charge in [0.15, 0.2) is 0 Å². The molecule has 0 unspecified atom stereocenters. The Bertz CT molecular complexity index is 1540. The summed E-state index contributed by atoms with van der Waals surface area (Å²) in [5.41, 5.74) is 8.41. The minimum atomic E-state index is -0.558. The predicted molar refractivity (Wildman–Crippen MR) is 177 cm³/mol. The van der Waals surface area contributed by atoms with Gasteiger partial charge in [-0.25, -0.2) is 0 Å². The minimum Gasteiger partial charge on any atom is -0.360 e. The van der Waals surface area contributed by atoms with Crippen LogP contribution in [-0.2, 0) is 10.8 Å². The van der Waals surface area contributed by atoms with Gasteiger partial charge in [0.05, 0.1) is 10.8 Å².